The molecular weight excluding hydrogens is 400 g/mol. The summed E-state index contributed by atoms with van der Waals surface area (Å²) in [6, 6.07) is 19.1. The van der Waals surface area contributed by atoms with Gasteiger partial charge in [0.1, 0.15) is 11.5 Å². The fraction of sp³-hybridized carbons (Fsp3) is 0.154. The van der Waals surface area contributed by atoms with E-state index in [0.717, 1.165) is 33.3 Å². The van der Waals surface area contributed by atoms with Crippen LogP contribution in [-0.4, -0.2) is 19.9 Å². The van der Waals surface area contributed by atoms with E-state index in [9.17, 15) is 0 Å². The van der Waals surface area contributed by atoms with Gasteiger partial charge in [-0.3, -0.25) is 0 Å². The van der Waals surface area contributed by atoms with Crippen LogP contribution in [0.3, 0.4) is 0 Å². The molecule has 0 N–H and O–H groups in total. The van der Waals surface area contributed by atoms with Crippen LogP contribution >= 0.6 is 0 Å². The Kier molecular flexibility index (Phi) is 4.90. The van der Waals surface area contributed by atoms with Gasteiger partial charge in [-0.1, -0.05) is 0 Å². The predicted molar refractivity (Wildman–Crippen MR) is 125 cm³/mol. The predicted octanol–water partition coefficient (Wildman–Crippen LogP) is 6.39. The van der Waals surface area contributed by atoms with E-state index in [0.29, 0.717) is 34.6 Å². The lowest BCUT2D eigenvalue weighted by atomic mass is 10.1. The first-order valence-electron chi connectivity index (χ1n) is 10.4. The number of benzene rings is 1. The standard InChI is InChI=1S/C26H22N4O2/c1-15-13-17(3)27-25-21(15)9-11-23(29-25)31-19-5-7-20(8-6-19)32-24-12-10-22-16(2)14-18(4)28-26(22)30-24/h5-14H,1-4H3. The van der Waals surface area contributed by atoms with Gasteiger partial charge in [0, 0.05) is 34.3 Å². The van der Waals surface area contributed by atoms with E-state index in [4.69, 9.17) is 9.47 Å². The second-order valence-corrected chi connectivity index (χ2v) is 7.88. The van der Waals surface area contributed by atoms with Crippen LogP contribution in [0.5, 0.6) is 23.3 Å². The summed E-state index contributed by atoms with van der Waals surface area (Å²) in [5.41, 5.74) is 5.53. The molecule has 4 aromatic heterocycles. The Morgan fingerprint density at radius 2 is 0.906 bits per heavy atom. The maximum Gasteiger partial charge on any atom is 0.221 e. The monoisotopic (exact) mass is 422 g/mol. The van der Waals surface area contributed by atoms with Crippen molar-refractivity contribution in [3.05, 3.63) is 83.2 Å². The molecular formula is C26H22N4O2. The third-order valence-electron chi connectivity index (χ3n) is 5.23. The average Bonchev–Trinajstić information content (AvgIpc) is 2.74. The molecule has 0 aliphatic carbocycles. The van der Waals surface area contributed by atoms with Crippen molar-refractivity contribution in [2.75, 3.05) is 0 Å². The third kappa shape index (κ3) is 3.95. The fourth-order valence-electron chi connectivity index (χ4n) is 3.76. The first-order valence-corrected chi connectivity index (χ1v) is 10.4. The number of ether oxygens (including phenoxy) is 2. The van der Waals surface area contributed by atoms with Gasteiger partial charge in [-0.15, -0.1) is 0 Å². The number of aromatic nitrogens is 4. The molecule has 0 spiro atoms. The smallest absolute Gasteiger partial charge is 0.221 e. The lowest BCUT2D eigenvalue weighted by Crippen LogP contribution is -1.94. The van der Waals surface area contributed by atoms with Crippen LogP contribution in [0, 0.1) is 27.7 Å². The van der Waals surface area contributed by atoms with Crippen LogP contribution in [0.4, 0.5) is 0 Å². The summed E-state index contributed by atoms with van der Waals surface area (Å²) < 4.78 is 11.8. The lowest BCUT2D eigenvalue weighted by molar-refractivity contribution is 0.452. The van der Waals surface area contributed by atoms with Crippen molar-refractivity contribution in [3.8, 4) is 23.3 Å². The Morgan fingerprint density at radius 1 is 0.500 bits per heavy atom. The minimum absolute atomic E-state index is 0.497. The highest BCUT2D eigenvalue weighted by Crippen LogP contribution is 2.28. The Morgan fingerprint density at radius 3 is 1.31 bits per heavy atom. The zero-order valence-electron chi connectivity index (χ0n) is 18.4. The SMILES string of the molecule is Cc1cc(C)c2ccc(Oc3ccc(Oc4ccc5c(C)cc(C)nc5n4)cc3)nc2n1. The maximum atomic E-state index is 5.92. The topological polar surface area (TPSA) is 70.0 Å². The van der Waals surface area contributed by atoms with E-state index in [1.54, 1.807) is 0 Å². The molecule has 4 heterocycles. The lowest BCUT2D eigenvalue weighted by Gasteiger charge is -2.09. The van der Waals surface area contributed by atoms with Crippen LogP contribution in [0.15, 0.2) is 60.7 Å². The normalized spacial score (nSPS) is 11.1. The first-order chi connectivity index (χ1) is 15.4. The minimum Gasteiger partial charge on any atom is -0.439 e. The number of nitrogens with zero attached hydrogens (tertiary/aromatic N) is 4. The van der Waals surface area contributed by atoms with Crippen molar-refractivity contribution in [3.63, 3.8) is 0 Å². The summed E-state index contributed by atoms with van der Waals surface area (Å²) in [7, 11) is 0. The Labute approximate surface area is 185 Å². The number of fused-ring (bicyclic) bond motifs is 2. The van der Waals surface area contributed by atoms with Crippen molar-refractivity contribution in [1.29, 1.82) is 0 Å². The number of pyridine rings is 4. The molecule has 32 heavy (non-hydrogen) atoms. The fourth-order valence-corrected chi connectivity index (χ4v) is 3.76. The van der Waals surface area contributed by atoms with Gasteiger partial charge in [-0.25, -0.2) is 9.97 Å². The summed E-state index contributed by atoms with van der Waals surface area (Å²) in [6.45, 7) is 8.04. The molecule has 0 radical (unpaired) electrons. The number of hydrogen-bond donors (Lipinski definition) is 0. The average molecular weight is 422 g/mol. The van der Waals surface area contributed by atoms with Gasteiger partial charge < -0.3 is 9.47 Å². The summed E-state index contributed by atoms with van der Waals surface area (Å²) in [5, 5.41) is 2.05. The van der Waals surface area contributed by atoms with Gasteiger partial charge in [-0.05, 0) is 87.4 Å². The maximum absolute atomic E-state index is 5.92. The number of hydrogen-bond acceptors (Lipinski definition) is 6. The molecule has 5 aromatic rings. The van der Waals surface area contributed by atoms with Crippen LogP contribution in [-0.2, 0) is 0 Å². The summed E-state index contributed by atoms with van der Waals surface area (Å²) >= 11 is 0. The quantitative estimate of drug-likeness (QED) is 0.334. The van der Waals surface area contributed by atoms with Crippen molar-refractivity contribution >= 4 is 22.1 Å². The molecule has 6 nitrogen and oxygen atoms in total. The summed E-state index contributed by atoms with van der Waals surface area (Å²) in [6.07, 6.45) is 0. The molecule has 0 aliphatic rings. The van der Waals surface area contributed by atoms with E-state index in [2.05, 4.69) is 33.8 Å². The van der Waals surface area contributed by atoms with E-state index >= 15 is 0 Å². The third-order valence-corrected chi connectivity index (χ3v) is 5.23. The molecule has 0 fully saturated rings. The highest BCUT2D eigenvalue weighted by molar-refractivity contribution is 5.80. The zero-order valence-corrected chi connectivity index (χ0v) is 18.4. The van der Waals surface area contributed by atoms with E-state index in [1.807, 2.05) is 74.5 Å². The second kappa shape index (κ2) is 7.89. The van der Waals surface area contributed by atoms with Gasteiger partial charge in [0.05, 0.1) is 0 Å². The molecule has 0 saturated carbocycles. The Hall–Kier alpha value is -4.06. The summed E-state index contributed by atoms with van der Waals surface area (Å²) in [5.74, 6) is 2.31. The molecule has 1 aromatic carbocycles. The van der Waals surface area contributed by atoms with E-state index < -0.39 is 0 Å². The van der Waals surface area contributed by atoms with Crippen molar-refractivity contribution < 1.29 is 9.47 Å². The van der Waals surface area contributed by atoms with Crippen molar-refractivity contribution in [1.82, 2.24) is 19.9 Å². The van der Waals surface area contributed by atoms with Gasteiger partial charge >= 0.3 is 0 Å². The highest BCUT2D eigenvalue weighted by atomic mass is 16.5. The summed E-state index contributed by atoms with van der Waals surface area (Å²) in [4.78, 5) is 18.1. The van der Waals surface area contributed by atoms with Crippen LogP contribution in [0.1, 0.15) is 22.5 Å². The molecule has 0 bridgehead atoms. The molecule has 0 saturated heterocycles. The van der Waals surface area contributed by atoms with Gasteiger partial charge in [0.15, 0.2) is 11.3 Å². The van der Waals surface area contributed by atoms with Crippen LogP contribution in [0.25, 0.3) is 22.1 Å². The molecule has 6 heteroatoms. The Balaban J connectivity index is 1.34. The molecule has 158 valence electrons. The van der Waals surface area contributed by atoms with Crippen molar-refractivity contribution in [2.24, 2.45) is 0 Å². The molecule has 0 amide bonds. The van der Waals surface area contributed by atoms with E-state index in [-0.39, 0.29) is 0 Å². The zero-order chi connectivity index (χ0) is 22.2. The van der Waals surface area contributed by atoms with Crippen LogP contribution in [0.2, 0.25) is 0 Å². The highest BCUT2D eigenvalue weighted by Gasteiger charge is 2.08. The molecule has 0 aliphatic heterocycles. The second-order valence-electron chi connectivity index (χ2n) is 7.88. The number of rotatable bonds is 4. The van der Waals surface area contributed by atoms with Crippen molar-refractivity contribution in [2.45, 2.75) is 27.7 Å². The number of aryl methyl sites for hydroxylation is 4. The van der Waals surface area contributed by atoms with E-state index in [1.165, 1.54) is 0 Å². The van der Waals surface area contributed by atoms with Gasteiger partial charge in [-0.2, -0.15) is 9.97 Å². The largest absolute Gasteiger partial charge is 0.439 e. The Bertz CT molecular complexity index is 1350. The van der Waals surface area contributed by atoms with Gasteiger partial charge in [0.2, 0.25) is 11.8 Å². The molecule has 0 atom stereocenters. The molecule has 5 rings (SSSR count). The first kappa shape index (κ1) is 19.9. The molecule has 0 unspecified atom stereocenters. The van der Waals surface area contributed by atoms with Gasteiger partial charge in [0.25, 0.3) is 0 Å². The van der Waals surface area contributed by atoms with Crippen LogP contribution < -0.4 is 9.47 Å². The minimum atomic E-state index is 0.497.